The van der Waals surface area contributed by atoms with Gasteiger partial charge in [-0.05, 0) is 44.1 Å². The Morgan fingerprint density at radius 2 is 1.47 bits per heavy atom. The van der Waals surface area contributed by atoms with Crippen LogP contribution in [0.3, 0.4) is 0 Å². The summed E-state index contributed by atoms with van der Waals surface area (Å²) in [5, 5.41) is 0. The molecule has 1 aliphatic rings. The van der Waals surface area contributed by atoms with Gasteiger partial charge >= 0.3 is 0 Å². The lowest BCUT2D eigenvalue weighted by Gasteiger charge is -2.00. The minimum absolute atomic E-state index is 1.23. The SMILES string of the molecule is CCCCC1=C/C=C/CCCCCCCCC\C=C\1. The van der Waals surface area contributed by atoms with Crippen LogP contribution in [0.2, 0.25) is 0 Å². The zero-order chi connectivity index (χ0) is 13.6. The van der Waals surface area contributed by atoms with Gasteiger partial charge in [0.1, 0.15) is 0 Å². The number of hydrogen-bond donors (Lipinski definition) is 0. The largest absolute Gasteiger partial charge is 0.0845 e. The third-order valence-corrected chi connectivity index (χ3v) is 3.84. The Hall–Kier alpha value is -0.780. The van der Waals surface area contributed by atoms with Crippen LogP contribution in [0.4, 0.5) is 0 Å². The molecule has 0 aromatic rings. The van der Waals surface area contributed by atoms with E-state index in [0.29, 0.717) is 0 Å². The second-order valence-corrected chi connectivity index (χ2v) is 5.73. The van der Waals surface area contributed by atoms with Crippen molar-refractivity contribution < 1.29 is 0 Å². The maximum Gasteiger partial charge on any atom is -0.0279 e. The molecule has 0 heteroatoms. The standard InChI is InChI=1S/C19H32/c1-2-3-16-19-17-14-12-10-8-6-4-5-7-9-11-13-15-18-19/h12,14-15,17-18H,2-11,13,16H2,1H3/b14-12+,18-15+,19-17-. The lowest BCUT2D eigenvalue weighted by molar-refractivity contribution is 0.583. The molecule has 0 amide bonds. The first-order valence-electron chi connectivity index (χ1n) is 8.45. The van der Waals surface area contributed by atoms with Crippen molar-refractivity contribution in [1.29, 1.82) is 0 Å². The van der Waals surface area contributed by atoms with Crippen LogP contribution in [0.1, 0.15) is 84.0 Å². The average Bonchev–Trinajstić information content (AvgIpc) is 2.44. The topological polar surface area (TPSA) is 0 Å². The fourth-order valence-electron chi connectivity index (χ4n) is 2.53. The molecule has 19 heavy (non-hydrogen) atoms. The molecule has 0 bridgehead atoms. The quantitative estimate of drug-likeness (QED) is 0.527. The van der Waals surface area contributed by atoms with Gasteiger partial charge in [0.15, 0.2) is 0 Å². The lowest BCUT2D eigenvalue weighted by atomic mass is 10.1. The summed E-state index contributed by atoms with van der Waals surface area (Å²) in [6.07, 6.45) is 27.9. The van der Waals surface area contributed by atoms with Gasteiger partial charge in [0, 0.05) is 0 Å². The smallest absolute Gasteiger partial charge is 0.0279 e. The molecule has 0 fully saturated rings. The highest BCUT2D eigenvalue weighted by Crippen LogP contribution is 2.13. The molecule has 0 saturated carbocycles. The van der Waals surface area contributed by atoms with Crippen molar-refractivity contribution in [1.82, 2.24) is 0 Å². The molecule has 0 saturated heterocycles. The molecule has 0 radical (unpaired) electrons. The molecule has 0 heterocycles. The zero-order valence-electron chi connectivity index (χ0n) is 12.9. The molecule has 0 N–H and O–H groups in total. The van der Waals surface area contributed by atoms with Crippen LogP contribution in [0.15, 0.2) is 36.0 Å². The first-order chi connectivity index (χ1) is 9.43. The summed E-state index contributed by atoms with van der Waals surface area (Å²) in [5.74, 6) is 0. The van der Waals surface area contributed by atoms with E-state index < -0.39 is 0 Å². The minimum Gasteiger partial charge on any atom is -0.0845 e. The summed E-state index contributed by atoms with van der Waals surface area (Å²) in [7, 11) is 0. The van der Waals surface area contributed by atoms with E-state index >= 15 is 0 Å². The van der Waals surface area contributed by atoms with E-state index in [2.05, 4.69) is 37.3 Å². The number of rotatable bonds is 3. The Balaban J connectivity index is 2.48. The molecular formula is C19H32. The summed E-state index contributed by atoms with van der Waals surface area (Å²) in [6.45, 7) is 2.27. The van der Waals surface area contributed by atoms with Crippen LogP contribution < -0.4 is 0 Å². The second-order valence-electron chi connectivity index (χ2n) is 5.73. The maximum atomic E-state index is 2.38. The molecule has 108 valence electrons. The average molecular weight is 260 g/mol. The second kappa shape index (κ2) is 12.3. The van der Waals surface area contributed by atoms with E-state index in [0.717, 1.165) is 0 Å². The first kappa shape index (κ1) is 16.3. The fraction of sp³-hybridized carbons (Fsp3) is 0.684. The lowest BCUT2D eigenvalue weighted by Crippen LogP contribution is -1.80. The normalized spacial score (nSPS) is 25.6. The molecule has 0 nitrogen and oxygen atoms in total. The van der Waals surface area contributed by atoms with Gasteiger partial charge in [0.05, 0.1) is 0 Å². The zero-order valence-corrected chi connectivity index (χ0v) is 12.9. The highest BCUT2D eigenvalue weighted by Gasteiger charge is 1.94. The van der Waals surface area contributed by atoms with E-state index in [1.54, 1.807) is 0 Å². The van der Waals surface area contributed by atoms with Gasteiger partial charge < -0.3 is 0 Å². The summed E-state index contributed by atoms with van der Waals surface area (Å²) in [5.41, 5.74) is 1.51. The Morgan fingerprint density at radius 1 is 0.842 bits per heavy atom. The van der Waals surface area contributed by atoms with Crippen molar-refractivity contribution in [2.45, 2.75) is 84.0 Å². The summed E-state index contributed by atoms with van der Waals surface area (Å²) in [4.78, 5) is 0. The summed E-state index contributed by atoms with van der Waals surface area (Å²) in [6, 6.07) is 0. The van der Waals surface area contributed by atoms with Gasteiger partial charge in [-0.1, -0.05) is 75.8 Å². The molecule has 0 unspecified atom stereocenters. The molecule has 1 rings (SSSR count). The number of unbranched alkanes of at least 4 members (excludes halogenated alkanes) is 1. The van der Waals surface area contributed by atoms with Gasteiger partial charge in [-0.3, -0.25) is 0 Å². The summed E-state index contributed by atoms with van der Waals surface area (Å²) < 4.78 is 0. The molecule has 0 atom stereocenters. The first-order valence-corrected chi connectivity index (χ1v) is 8.45. The van der Waals surface area contributed by atoms with Gasteiger partial charge in [-0.15, -0.1) is 0 Å². The fourth-order valence-corrected chi connectivity index (χ4v) is 2.53. The number of allylic oxidation sites excluding steroid dienone is 6. The predicted molar refractivity (Wildman–Crippen MR) is 87.4 cm³/mol. The van der Waals surface area contributed by atoms with Crippen LogP contribution in [0.5, 0.6) is 0 Å². The Kier molecular flexibility index (Phi) is 10.5. The van der Waals surface area contributed by atoms with Crippen LogP contribution in [0.25, 0.3) is 0 Å². The minimum atomic E-state index is 1.23. The van der Waals surface area contributed by atoms with Gasteiger partial charge in [-0.2, -0.15) is 0 Å². The van der Waals surface area contributed by atoms with Crippen molar-refractivity contribution in [3.63, 3.8) is 0 Å². The monoisotopic (exact) mass is 260 g/mol. The Labute approximate surface area is 120 Å². The predicted octanol–water partition coefficient (Wildman–Crippen LogP) is 6.74. The van der Waals surface area contributed by atoms with Crippen molar-refractivity contribution >= 4 is 0 Å². The third-order valence-electron chi connectivity index (χ3n) is 3.84. The van der Waals surface area contributed by atoms with Crippen molar-refractivity contribution in [3.05, 3.63) is 36.0 Å². The molecule has 0 spiro atoms. The third kappa shape index (κ3) is 9.76. The van der Waals surface area contributed by atoms with Crippen molar-refractivity contribution in [2.24, 2.45) is 0 Å². The molecule has 0 aliphatic heterocycles. The van der Waals surface area contributed by atoms with E-state index in [-0.39, 0.29) is 0 Å². The summed E-state index contributed by atoms with van der Waals surface area (Å²) >= 11 is 0. The van der Waals surface area contributed by atoms with Crippen LogP contribution in [-0.4, -0.2) is 0 Å². The van der Waals surface area contributed by atoms with Gasteiger partial charge in [0.2, 0.25) is 0 Å². The molecular weight excluding hydrogens is 228 g/mol. The number of hydrogen-bond acceptors (Lipinski definition) is 0. The van der Waals surface area contributed by atoms with Crippen molar-refractivity contribution in [2.75, 3.05) is 0 Å². The Morgan fingerprint density at radius 3 is 2.16 bits per heavy atom. The molecule has 0 aromatic carbocycles. The van der Waals surface area contributed by atoms with E-state index in [1.165, 1.54) is 82.6 Å². The van der Waals surface area contributed by atoms with E-state index in [1.807, 2.05) is 0 Å². The highest BCUT2D eigenvalue weighted by molar-refractivity contribution is 5.23. The molecule has 1 aliphatic carbocycles. The maximum absolute atomic E-state index is 2.38. The van der Waals surface area contributed by atoms with E-state index in [4.69, 9.17) is 0 Å². The Bertz CT molecular complexity index is 280. The molecule has 0 aromatic heterocycles. The van der Waals surface area contributed by atoms with Crippen molar-refractivity contribution in [3.8, 4) is 0 Å². The van der Waals surface area contributed by atoms with Gasteiger partial charge in [-0.25, -0.2) is 0 Å². The van der Waals surface area contributed by atoms with Gasteiger partial charge in [0.25, 0.3) is 0 Å². The van der Waals surface area contributed by atoms with Crippen LogP contribution >= 0.6 is 0 Å². The van der Waals surface area contributed by atoms with Crippen LogP contribution in [0, 0.1) is 0 Å². The highest BCUT2D eigenvalue weighted by atomic mass is 14.0. The van der Waals surface area contributed by atoms with Crippen LogP contribution in [-0.2, 0) is 0 Å². The van der Waals surface area contributed by atoms with E-state index in [9.17, 15) is 0 Å².